The van der Waals surface area contributed by atoms with Crippen LogP contribution in [0, 0.1) is 5.92 Å². The van der Waals surface area contributed by atoms with Gasteiger partial charge in [-0.2, -0.15) is 0 Å². The molecule has 0 bridgehead atoms. The molecule has 0 saturated carbocycles. The summed E-state index contributed by atoms with van der Waals surface area (Å²) in [5.74, 6) is 0.0861. The number of hydrogen-bond donors (Lipinski definition) is 2. The number of carbonyl (C=O) groups excluding carboxylic acids is 1. The number of allylic oxidation sites excluding steroid dienone is 2. The molecule has 1 unspecified atom stereocenters. The first-order chi connectivity index (χ1) is 8.27. The van der Waals surface area contributed by atoms with Gasteiger partial charge in [-0.25, -0.2) is 0 Å². The van der Waals surface area contributed by atoms with Gasteiger partial charge in [0, 0.05) is 12.5 Å². The van der Waals surface area contributed by atoms with Crippen LogP contribution in [-0.2, 0) is 4.79 Å². The Hall–Kier alpha value is -1.61. The Morgan fingerprint density at radius 2 is 1.94 bits per heavy atom. The Balaban J connectivity index is 1.80. The minimum atomic E-state index is -0.630. The van der Waals surface area contributed by atoms with Crippen molar-refractivity contribution in [2.45, 2.75) is 18.9 Å². The van der Waals surface area contributed by atoms with Crippen LogP contribution in [0.5, 0.6) is 0 Å². The predicted molar refractivity (Wildman–Crippen MR) is 66.3 cm³/mol. The Kier molecular flexibility index (Phi) is 3.94. The predicted octanol–water partition coefficient (Wildman–Crippen LogP) is 1.80. The molecule has 3 nitrogen and oxygen atoms in total. The lowest BCUT2D eigenvalue weighted by atomic mass is 10.1. The van der Waals surface area contributed by atoms with E-state index in [1.165, 1.54) is 0 Å². The third-order valence-corrected chi connectivity index (χ3v) is 3.03. The number of rotatable bonds is 4. The third-order valence-electron chi connectivity index (χ3n) is 3.03. The van der Waals surface area contributed by atoms with Crippen LogP contribution in [0.1, 0.15) is 24.5 Å². The first-order valence-electron chi connectivity index (χ1n) is 5.93. The second-order valence-electron chi connectivity index (χ2n) is 4.31. The van der Waals surface area contributed by atoms with Gasteiger partial charge in [0.2, 0.25) is 5.91 Å². The molecule has 2 rings (SSSR count). The highest BCUT2D eigenvalue weighted by molar-refractivity contribution is 5.79. The Bertz CT molecular complexity index is 392. The topological polar surface area (TPSA) is 49.3 Å². The van der Waals surface area contributed by atoms with E-state index in [0.717, 1.165) is 18.4 Å². The van der Waals surface area contributed by atoms with E-state index >= 15 is 0 Å². The van der Waals surface area contributed by atoms with Gasteiger partial charge in [0.1, 0.15) is 0 Å². The van der Waals surface area contributed by atoms with Crippen molar-refractivity contribution in [3.05, 3.63) is 48.0 Å². The summed E-state index contributed by atoms with van der Waals surface area (Å²) in [6.45, 7) is 0.277. The average Bonchev–Trinajstić information content (AvgIpc) is 2.90. The maximum Gasteiger partial charge on any atom is 0.223 e. The highest BCUT2D eigenvalue weighted by Crippen LogP contribution is 2.18. The second kappa shape index (κ2) is 5.64. The van der Waals surface area contributed by atoms with E-state index in [1.54, 1.807) is 0 Å². The number of amides is 1. The molecule has 1 aliphatic carbocycles. The summed E-state index contributed by atoms with van der Waals surface area (Å²) in [5.41, 5.74) is 0.831. The molecule has 0 aliphatic heterocycles. The molecule has 0 spiro atoms. The maximum atomic E-state index is 11.7. The first-order valence-corrected chi connectivity index (χ1v) is 5.93. The lowest BCUT2D eigenvalue weighted by Crippen LogP contribution is -2.32. The molecule has 1 amide bonds. The molecule has 90 valence electrons. The van der Waals surface area contributed by atoms with E-state index in [0.29, 0.717) is 0 Å². The van der Waals surface area contributed by atoms with Gasteiger partial charge in [0.25, 0.3) is 0 Å². The Morgan fingerprint density at radius 1 is 1.29 bits per heavy atom. The van der Waals surface area contributed by atoms with Crippen LogP contribution in [-0.4, -0.2) is 17.6 Å². The summed E-state index contributed by atoms with van der Waals surface area (Å²) in [6.07, 6.45) is 5.05. The van der Waals surface area contributed by atoms with Crippen molar-refractivity contribution in [2.75, 3.05) is 6.54 Å². The van der Waals surface area contributed by atoms with Crippen molar-refractivity contribution in [1.82, 2.24) is 5.32 Å². The quantitative estimate of drug-likeness (QED) is 0.776. The average molecular weight is 231 g/mol. The van der Waals surface area contributed by atoms with Gasteiger partial charge in [0.15, 0.2) is 0 Å². The molecular formula is C14H17NO2. The molecule has 1 aliphatic rings. The van der Waals surface area contributed by atoms with Crippen molar-refractivity contribution in [3.8, 4) is 0 Å². The molecule has 1 aromatic rings. The SMILES string of the molecule is O=C(NCC(O)c1ccccc1)C1CC=CC1. The van der Waals surface area contributed by atoms with Gasteiger partial charge in [-0.05, 0) is 18.4 Å². The van der Waals surface area contributed by atoms with E-state index in [9.17, 15) is 9.90 Å². The lowest BCUT2D eigenvalue weighted by molar-refractivity contribution is -0.125. The van der Waals surface area contributed by atoms with Gasteiger partial charge in [-0.15, -0.1) is 0 Å². The van der Waals surface area contributed by atoms with Crippen LogP contribution in [0.25, 0.3) is 0 Å². The van der Waals surface area contributed by atoms with E-state index < -0.39 is 6.10 Å². The van der Waals surface area contributed by atoms with Crippen LogP contribution in [0.4, 0.5) is 0 Å². The van der Waals surface area contributed by atoms with Gasteiger partial charge >= 0.3 is 0 Å². The van der Waals surface area contributed by atoms with Crippen LogP contribution in [0.3, 0.4) is 0 Å². The summed E-state index contributed by atoms with van der Waals surface area (Å²) in [4.78, 5) is 11.7. The fraction of sp³-hybridized carbons (Fsp3) is 0.357. The number of benzene rings is 1. The summed E-state index contributed by atoms with van der Waals surface area (Å²) in [6, 6.07) is 9.36. The largest absolute Gasteiger partial charge is 0.387 e. The van der Waals surface area contributed by atoms with Crippen molar-refractivity contribution < 1.29 is 9.90 Å². The molecule has 0 aromatic heterocycles. The number of hydrogen-bond acceptors (Lipinski definition) is 2. The number of nitrogens with one attached hydrogen (secondary N) is 1. The number of aliphatic hydroxyl groups excluding tert-OH is 1. The first kappa shape index (κ1) is 11.9. The smallest absolute Gasteiger partial charge is 0.223 e. The fourth-order valence-electron chi connectivity index (χ4n) is 1.97. The van der Waals surface area contributed by atoms with Crippen molar-refractivity contribution in [3.63, 3.8) is 0 Å². The zero-order valence-electron chi connectivity index (χ0n) is 9.67. The summed E-state index contributed by atoms with van der Waals surface area (Å²) in [7, 11) is 0. The molecule has 1 aromatic carbocycles. The van der Waals surface area contributed by atoms with E-state index in [1.807, 2.05) is 42.5 Å². The molecule has 17 heavy (non-hydrogen) atoms. The minimum Gasteiger partial charge on any atom is -0.387 e. The zero-order chi connectivity index (χ0) is 12.1. The van der Waals surface area contributed by atoms with Gasteiger partial charge in [0.05, 0.1) is 6.10 Å². The minimum absolute atomic E-state index is 0.0324. The Morgan fingerprint density at radius 3 is 2.59 bits per heavy atom. The van der Waals surface area contributed by atoms with Gasteiger partial charge in [-0.1, -0.05) is 42.5 Å². The number of aliphatic hydroxyl groups is 1. The highest BCUT2D eigenvalue weighted by Gasteiger charge is 2.19. The molecule has 0 fully saturated rings. The Labute approximate surface area is 101 Å². The van der Waals surface area contributed by atoms with Gasteiger partial charge < -0.3 is 10.4 Å². The summed E-state index contributed by atoms with van der Waals surface area (Å²) >= 11 is 0. The summed E-state index contributed by atoms with van der Waals surface area (Å²) < 4.78 is 0. The van der Waals surface area contributed by atoms with Crippen molar-refractivity contribution in [1.29, 1.82) is 0 Å². The lowest BCUT2D eigenvalue weighted by Gasteiger charge is -2.14. The van der Waals surface area contributed by atoms with E-state index in [4.69, 9.17) is 0 Å². The summed E-state index contributed by atoms with van der Waals surface area (Å²) in [5, 5.41) is 12.7. The van der Waals surface area contributed by atoms with Crippen molar-refractivity contribution >= 4 is 5.91 Å². The van der Waals surface area contributed by atoms with E-state index in [2.05, 4.69) is 5.32 Å². The van der Waals surface area contributed by atoms with E-state index in [-0.39, 0.29) is 18.4 Å². The standard InChI is InChI=1S/C14H17NO2/c16-13(11-6-2-1-3-7-11)10-15-14(17)12-8-4-5-9-12/h1-7,12-13,16H,8-10H2,(H,15,17). The maximum absolute atomic E-state index is 11.7. The molecule has 3 heteroatoms. The van der Waals surface area contributed by atoms with Gasteiger partial charge in [-0.3, -0.25) is 4.79 Å². The molecular weight excluding hydrogens is 214 g/mol. The molecule has 0 heterocycles. The fourth-order valence-corrected chi connectivity index (χ4v) is 1.97. The normalized spacial score (nSPS) is 17.0. The highest BCUT2D eigenvalue weighted by atomic mass is 16.3. The second-order valence-corrected chi connectivity index (χ2v) is 4.31. The molecule has 1 atom stereocenters. The monoisotopic (exact) mass is 231 g/mol. The third kappa shape index (κ3) is 3.17. The van der Waals surface area contributed by atoms with Crippen LogP contribution in [0.2, 0.25) is 0 Å². The molecule has 2 N–H and O–H groups in total. The molecule has 0 saturated heterocycles. The van der Waals surface area contributed by atoms with Crippen LogP contribution < -0.4 is 5.32 Å². The van der Waals surface area contributed by atoms with Crippen LogP contribution >= 0.6 is 0 Å². The zero-order valence-corrected chi connectivity index (χ0v) is 9.67. The van der Waals surface area contributed by atoms with Crippen LogP contribution in [0.15, 0.2) is 42.5 Å². The number of carbonyl (C=O) groups is 1. The molecule has 0 radical (unpaired) electrons. The van der Waals surface area contributed by atoms with Crippen molar-refractivity contribution in [2.24, 2.45) is 5.92 Å².